The van der Waals surface area contributed by atoms with E-state index in [0.29, 0.717) is 41.5 Å². The number of likely N-dealkylation sites (N-methyl/N-ethyl adjacent to an activating group) is 1. The van der Waals surface area contributed by atoms with E-state index in [1.807, 2.05) is 13.8 Å². The van der Waals surface area contributed by atoms with E-state index in [4.69, 9.17) is 14.2 Å². The van der Waals surface area contributed by atoms with Gasteiger partial charge in [-0.1, -0.05) is 0 Å². The summed E-state index contributed by atoms with van der Waals surface area (Å²) in [5, 5.41) is 6.62. The van der Waals surface area contributed by atoms with Gasteiger partial charge in [-0.05, 0) is 61.9 Å². The Morgan fingerprint density at radius 2 is 1.79 bits per heavy atom. The van der Waals surface area contributed by atoms with Crippen LogP contribution in [0.25, 0.3) is 0 Å². The Bertz CT molecular complexity index is 850. The van der Waals surface area contributed by atoms with Gasteiger partial charge in [0.15, 0.2) is 18.1 Å². The number of nitrogens with zero attached hydrogens (tertiary/aromatic N) is 1. The van der Waals surface area contributed by atoms with Crippen LogP contribution in [-0.4, -0.2) is 44.9 Å². The number of rotatable bonds is 10. The van der Waals surface area contributed by atoms with E-state index in [0.717, 1.165) is 0 Å². The average molecular weight is 399 g/mol. The molecule has 0 heterocycles. The second-order valence-electron chi connectivity index (χ2n) is 5.81. The molecule has 0 spiro atoms. The van der Waals surface area contributed by atoms with Crippen molar-refractivity contribution in [1.82, 2.24) is 10.7 Å². The second kappa shape index (κ2) is 11.3. The summed E-state index contributed by atoms with van der Waals surface area (Å²) in [4.78, 5) is 23.6. The van der Waals surface area contributed by atoms with E-state index in [2.05, 4.69) is 15.8 Å². The Kier molecular flexibility index (Phi) is 8.50. The van der Waals surface area contributed by atoms with Gasteiger partial charge in [-0.25, -0.2) is 5.43 Å². The molecule has 2 aromatic carbocycles. The number of methoxy groups -OCH3 is 1. The van der Waals surface area contributed by atoms with Gasteiger partial charge in [0.25, 0.3) is 11.8 Å². The molecule has 8 heteroatoms. The van der Waals surface area contributed by atoms with Crippen LogP contribution in [0.15, 0.2) is 47.6 Å². The van der Waals surface area contributed by atoms with Gasteiger partial charge >= 0.3 is 0 Å². The number of hydrazone groups is 1. The van der Waals surface area contributed by atoms with Crippen LogP contribution in [0.5, 0.6) is 17.2 Å². The van der Waals surface area contributed by atoms with Gasteiger partial charge in [-0.15, -0.1) is 0 Å². The summed E-state index contributed by atoms with van der Waals surface area (Å²) in [5.41, 5.74) is 3.63. The third-order valence-electron chi connectivity index (χ3n) is 3.73. The summed E-state index contributed by atoms with van der Waals surface area (Å²) in [6.45, 7) is 4.73. The molecular formula is C21H25N3O5. The number of benzene rings is 2. The van der Waals surface area contributed by atoms with Crippen molar-refractivity contribution >= 4 is 18.0 Å². The quantitative estimate of drug-likeness (QED) is 0.472. The molecule has 2 rings (SSSR count). The molecule has 2 amide bonds. The molecule has 0 bridgehead atoms. The smallest absolute Gasteiger partial charge is 0.271 e. The highest BCUT2D eigenvalue weighted by molar-refractivity contribution is 5.95. The predicted octanol–water partition coefficient (Wildman–Crippen LogP) is 2.37. The van der Waals surface area contributed by atoms with Crippen molar-refractivity contribution < 1.29 is 23.8 Å². The first-order valence-corrected chi connectivity index (χ1v) is 9.21. The van der Waals surface area contributed by atoms with E-state index in [1.165, 1.54) is 13.3 Å². The Balaban J connectivity index is 1.95. The molecule has 2 aromatic rings. The molecular weight excluding hydrogens is 374 g/mol. The van der Waals surface area contributed by atoms with Gasteiger partial charge in [-0.2, -0.15) is 5.10 Å². The molecule has 0 atom stereocenters. The maximum atomic E-state index is 12.1. The van der Waals surface area contributed by atoms with Crippen LogP contribution in [0, 0.1) is 0 Å². The van der Waals surface area contributed by atoms with Crippen molar-refractivity contribution in [2.24, 2.45) is 5.10 Å². The average Bonchev–Trinajstić information content (AvgIpc) is 2.73. The molecule has 0 saturated heterocycles. The highest BCUT2D eigenvalue weighted by atomic mass is 16.5. The van der Waals surface area contributed by atoms with Gasteiger partial charge in [0.2, 0.25) is 0 Å². The van der Waals surface area contributed by atoms with Crippen molar-refractivity contribution in [3.05, 3.63) is 53.6 Å². The number of nitrogens with one attached hydrogen (secondary N) is 2. The van der Waals surface area contributed by atoms with E-state index < -0.39 is 0 Å². The summed E-state index contributed by atoms with van der Waals surface area (Å²) < 4.78 is 16.1. The maximum absolute atomic E-state index is 12.1. The number of ether oxygens (including phenoxy) is 3. The Morgan fingerprint density at radius 3 is 2.45 bits per heavy atom. The molecule has 0 aromatic heterocycles. The van der Waals surface area contributed by atoms with Crippen LogP contribution in [0.2, 0.25) is 0 Å². The van der Waals surface area contributed by atoms with Crippen LogP contribution >= 0.6 is 0 Å². The first-order chi connectivity index (χ1) is 14.1. The van der Waals surface area contributed by atoms with Crippen LogP contribution in [0.1, 0.15) is 29.8 Å². The molecule has 29 heavy (non-hydrogen) atoms. The molecule has 0 unspecified atom stereocenters. The van der Waals surface area contributed by atoms with Crippen LogP contribution in [0.4, 0.5) is 0 Å². The van der Waals surface area contributed by atoms with E-state index in [1.54, 1.807) is 42.5 Å². The molecule has 0 aliphatic carbocycles. The largest absolute Gasteiger partial charge is 0.494 e. The summed E-state index contributed by atoms with van der Waals surface area (Å²) in [6, 6.07) is 11.9. The number of hydrogen-bond donors (Lipinski definition) is 2. The minimum atomic E-state index is -0.335. The second-order valence-corrected chi connectivity index (χ2v) is 5.81. The fourth-order valence-electron chi connectivity index (χ4n) is 2.37. The van der Waals surface area contributed by atoms with Crippen molar-refractivity contribution in [2.75, 3.05) is 26.9 Å². The summed E-state index contributed by atoms with van der Waals surface area (Å²) in [5.74, 6) is 1.05. The first kappa shape index (κ1) is 21.7. The lowest BCUT2D eigenvalue weighted by Gasteiger charge is -2.11. The lowest BCUT2D eigenvalue weighted by molar-refractivity contribution is -0.123. The number of carbonyl (C=O) groups is 2. The van der Waals surface area contributed by atoms with Gasteiger partial charge in [0, 0.05) is 12.1 Å². The van der Waals surface area contributed by atoms with Crippen LogP contribution in [0.3, 0.4) is 0 Å². The molecule has 0 saturated carbocycles. The van der Waals surface area contributed by atoms with Crippen LogP contribution in [-0.2, 0) is 4.79 Å². The standard InChI is InChI=1S/C21H25N3O5/c1-4-22-20(25)14-29-18-11-6-15(12-19(18)27-3)13-23-24-21(26)16-7-9-17(10-8-16)28-5-2/h6-13H,4-5,14H2,1-3H3,(H,22,25)(H,24,26)/b23-13+. The molecule has 2 N–H and O–H groups in total. The van der Waals surface area contributed by atoms with Gasteiger partial charge < -0.3 is 19.5 Å². The fraction of sp³-hybridized carbons (Fsp3) is 0.286. The van der Waals surface area contributed by atoms with E-state index in [9.17, 15) is 9.59 Å². The van der Waals surface area contributed by atoms with Crippen molar-refractivity contribution in [3.8, 4) is 17.2 Å². The van der Waals surface area contributed by atoms with Crippen molar-refractivity contribution in [3.63, 3.8) is 0 Å². The molecule has 0 fully saturated rings. The zero-order chi connectivity index (χ0) is 21.1. The minimum absolute atomic E-state index is 0.101. The summed E-state index contributed by atoms with van der Waals surface area (Å²) in [7, 11) is 1.50. The highest BCUT2D eigenvalue weighted by Crippen LogP contribution is 2.27. The monoisotopic (exact) mass is 399 g/mol. The number of hydrogen-bond acceptors (Lipinski definition) is 6. The maximum Gasteiger partial charge on any atom is 0.271 e. The predicted molar refractivity (Wildman–Crippen MR) is 110 cm³/mol. The number of carbonyl (C=O) groups excluding carboxylic acids is 2. The molecule has 0 radical (unpaired) electrons. The van der Waals surface area contributed by atoms with Gasteiger partial charge in [-0.3, -0.25) is 9.59 Å². The Morgan fingerprint density at radius 1 is 1.03 bits per heavy atom. The molecule has 8 nitrogen and oxygen atoms in total. The highest BCUT2D eigenvalue weighted by Gasteiger charge is 2.08. The minimum Gasteiger partial charge on any atom is -0.494 e. The summed E-state index contributed by atoms with van der Waals surface area (Å²) >= 11 is 0. The Hall–Kier alpha value is -3.55. The molecule has 0 aliphatic heterocycles. The van der Waals surface area contributed by atoms with E-state index >= 15 is 0 Å². The zero-order valence-electron chi connectivity index (χ0n) is 16.7. The Labute approximate surface area is 169 Å². The molecule has 0 aliphatic rings. The van der Waals surface area contributed by atoms with Gasteiger partial charge in [0.1, 0.15) is 5.75 Å². The van der Waals surface area contributed by atoms with Crippen molar-refractivity contribution in [2.45, 2.75) is 13.8 Å². The molecule has 154 valence electrons. The zero-order valence-corrected chi connectivity index (χ0v) is 16.7. The normalized spacial score (nSPS) is 10.4. The SMILES string of the molecule is CCNC(=O)COc1ccc(/C=N/NC(=O)c2ccc(OCC)cc2)cc1OC. The first-order valence-electron chi connectivity index (χ1n) is 9.21. The van der Waals surface area contributed by atoms with Crippen LogP contribution < -0.4 is 25.0 Å². The lowest BCUT2D eigenvalue weighted by Crippen LogP contribution is -2.28. The third-order valence-corrected chi connectivity index (χ3v) is 3.73. The van der Waals surface area contributed by atoms with Gasteiger partial charge in [0.05, 0.1) is 19.9 Å². The lowest BCUT2D eigenvalue weighted by atomic mass is 10.2. The topological polar surface area (TPSA) is 98.2 Å². The van der Waals surface area contributed by atoms with E-state index in [-0.39, 0.29) is 18.4 Å². The summed E-state index contributed by atoms with van der Waals surface area (Å²) in [6.07, 6.45) is 1.49. The fourth-order valence-corrected chi connectivity index (χ4v) is 2.37. The van der Waals surface area contributed by atoms with Crippen molar-refractivity contribution in [1.29, 1.82) is 0 Å². The number of amides is 2. The third kappa shape index (κ3) is 6.84.